The van der Waals surface area contributed by atoms with Gasteiger partial charge in [-0.05, 0) is 32.2 Å². The van der Waals surface area contributed by atoms with Gasteiger partial charge in [-0.3, -0.25) is 33.6 Å². The van der Waals surface area contributed by atoms with Crippen LogP contribution in [0.3, 0.4) is 0 Å². The Morgan fingerprint density at radius 2 is 1.18 bits per heavy atom. The van der Waals surface area contributed by atoms with Gasteiger partial charge in [-0.25, -0.2) is 4.79 Å². The lowest BCUT2D eigenvalue weighted by atomic mass is 10.1. The fraction of sp³-hybridized carbons (Fsp3) is 0.636. The Morgan fingerprint density at radius 1 is 0.625 bits per heavy atom. The highest BCUT2D eigenvalue weighted by atomic mass is 16.4. The molecule has 0 aliphatic heterocycles. The molecule has 0 rings (SSSR count). The molecule has 0 aromatic rings. The van der Waals surface area contributed by atoms with E-state index < -0.39 is 104 Å². The molecule has 0 aliphatic carbocycles. The van der Waals surface area contributed by atoms with E-state index in [1.807, 2.05) is 10.6 Å². The maximum atomic E-state index is 12.6. The predicted molar refractivity (Wildman–Crippen MR) is 133 cm³/mol. The summed E-state index contributed by atoms with van der Waals surface area (Å²) >= 11 is 0. The van der Waals surface area contributed by atoms with Gasteiger partial charge < -0.3 is 53.2 Å². The zero-order valence-corrected chi connectivity index (χ0v) is 21.6. The molecule has 12 N–H and O–H groups in total. The van der Waals surface area contributed by atoms with Gasteiger partial charge in [0, 0.05) is 12.8 Å². The van der Waals surface area contributed by atoms with E-state index in [4.69, 9.17) is 31.9 Å². The Labute approximate surface area is 228 Å². The molecule has 0 saturated carbocycles. The number of unbranched alkanes of at least 4 members (excludes halogenated alkanes) is 1. The predicted octanol–water partition coefficient (Wildman–Crippen LogP) is -3.70. The Morgan fingerprint density at radius 3 is 1.68 bits per heavy atom. The number of carboxylic acids is 4. The SMILES string of the molecule is NCCCC[C@H](N)C(=O)N[C@@H](CCC(=O)O)C(=O)NCC(=O)N[C@@H](CC(=O)O)C(=O)N[C@@H](CCC(=O)O)C(=O)O. The molecule has 0 saturated heterocycles. The standard InChI is InChI=1S/C22H36N6O12/c23-8-2-1-3-11(24)19(36)27-12(4-6-16(30)31)20(37)25-10-15(29)26-14(9-18(34)35)21(38)28-13(22(39)40)5-7-17(32)33/h11-14H,1-10,23-24H2,(H,25,37)(H,26,29)(H,27,36)(H,28,38)(H,30,31)(H,32,33)(H,34,35)(H,39,40)/t11-,12-,13-,14-/m0/s1. The van der Waals surface area contributed by atoms with Crippen molar-refractivity contribution in [2.24, 2.45) is 11.5 Å². The topological polar surface area (TPSA) is 318 Å². The third-order valence-electron chi connectivity index (χ3n) is 5.30. The first-order valence-corrected chi connectivity index (χ1v) is 12.2. The Balaban J connectivity index is 5.26. The van der Waals surface area contributed by atoms with Crippen LogP contribution >= 0.6 is 0 Å². The number of hydrogen-bond donors (Lipinski definition) is 10. The van der Waals surface area contributed by atoms with Gasteiger partial charge in [0.05, 0.1) is 19.0 Å². The number of carboxylic acid groups (broad SMARTS) is 4. The van der Waals surface area contributed by atoms with Crippen molar-refractivity contribution in [1.82, 2.24) is 21.3 Å². The highest BCUT2D eigenvalue weighted by molar-refractivity contribution is 5.95. The van der Waals surface area contributed by atoms with Gasteiger partial charge in [0.25, 0.3) is 0 Å². The summed E-state index contributed by atoms with van der Waals surface area (Å²) in [6.45, 7) is -0.439. The molecule has 40 heavy (non-hydrogen) atoms. The second-order valence-corrected chi connectivity index (χ2v) is 8.65. The van der Waals surface area contributed by atoms with E-state index in [0.717, 1.165) is 0 Å². The normalized spacial score (nSPS) is 13.6. The summed E-state index contributed by atoms with van der Waals surface area (Å²) in [5.74, 6) is -9.72. The van der Waals surface area contributed by atoms with E-state index in [0.29, 0.717) is 19.4 Å². The minimum Gasteiger partial charge on any atom is -0.481 e. The van der Waals surface area contributed by atoms with Gasteiger partial charge in [0.1, 0.15) is 18.1 Å². The van der Waals surface area contributed by atoms with Gasteiger partial charge in [0.15, 0.2) is 0 Å². The van der Waals surface area contributed by atoms with Crippen LogP contribution in [-0.4, -0.2) is 105 Å². The number of nitrogens with two attached hydrogens (primary N) is 2. The molecular weight excluding hydrogens is 540 g/mol. The average molecular weight is 577 g/mol. The van der Waals surface area contributed by atoms with E-state index in [-0.39, 0.29) is 12.8 Å². The Bertz CT molecular complexity index is 943. The van der Waals surface area contributed by atoms with E-state index in [2.05, 4.69) is 10.6 Å². The van der Waals surface area contributed by atoms with Crippen molar-refractivity contribution in [3.05, 3.63) is 0 Å². The molecule has 0 heterocycles. The van der Waals surface area contributed by atoms with Gasteiger partial charge in [-0.1, -0.05) is 6.42 Å². The monoisotopic (exact) mass is 576 g/mol. The van der Waals surface area contributed by atoms with Crippen LogP contribution < -0.4 is 32.7 Å². The van der Waals surface area contributed by atoms with Crippen LogP contribution in [0.2, 0.25) is 0 Å². The molecular formula is C22H36N6O12. The summed E-state index contributed by atoms with van der Waals surface area (Å²) in [7, 11) is 0. The van der Waals surface area contributed by atoms with Crippen molar-refractivity contribution >= 4 is 47.5 Å². The number of amides is 4. The van der Waals surface area contributed by atoms with Crippen molar-refractivity contribution in [3.8, 4) is 0 Å². The Kier molecular flexibility index (Phi) is 16.8. The first-order chi connectivity index (χ1) is 18.7. The summed E-state index contributed by atoms with van der Waals surface area (Å²) in [6.07, 6.45) is -1.56. The van der Waals surface area contributed by atoms with Crippen molar-refractivity contribution in [3.63, 3.8) is 0 Å². The van der Waals surface area contributed by atoms with Gasteiger partial charge in [-0.15, -0.1) is 0 Å². The lowest BCUT2D eigenvalue weighted by Gasteiger charge is -2.22. The molecule has 0 fully saturated rings. The maximum absolute atomic E-state index is 12.6. The van der Waals surface area contributed by atoms with Gasteiger partial charge in [0.2, 0.25) is 23.6 Å². The molecule has 0 radical (unpaired) electrons. The maximum Gasteiger partial charge on any atom is 0.326 e. The molecule has 0 unspecified atom stereocenters. The molecule has 0 aliphatic rings. The van der Waals surface area contributed by atoms with Crippen LogP contribution in [-0.2, 0) is 38.4 Å². The van der Waals surface area contributed by atoms with E-state index in [1.165, 1.54) is 0 Å². The lowest BCUT2D eigenvalue weighted by Crippen LogP contribution is -2.55. The summed E-state index contributed by atoms with van der Waals surface area (Å²) < 4.78 is 0. The van der Waals surface area contributed by atoms with Crippen LogP contribution in [0.25, 0.3) is 0 Å². The van der Waals surface area contributed by atoms with Crippen molar-refractivity contribution < 1.29 is 58.8 Å². The molecule has 18 nitrogen and oxygen atoms in total. The zero-order chi connectivity index (χ0) is 30.8. The van der Waals surface area contributed by atoms with Gasteiger partial charge >= 0.3 is 23.9 Å². The second-order valence-electron chi connectivity index (χ2n) is 8.65. The van der Waals surface area contributed by atoms with Crippen molar-refractivity contribution in [1.29, 1.82) is 0 Å². The van der Waals surface area contributed by atoms with Crippen molar-refractivity contribution in [2.75, 3.05) is 13.1 Å². The number of carbonyl (C=O) groups excluding carboxylic acids is 4. The third-order valence-corrected chi connectivity index (χ3v) is 5.30. The molecule has 226 valence electrons. The van der Waals surface area contributed by atoms with E-state index >= 15 is 0 Å². The smallest absolute Gasteiger partial charge is 0.326 e. The van der Waals surface area contributed by atoms with Gasteiger partial charge in [-0.2, -0.15) is 0 Å². The molecule has 4 amide bonds. The number of aliphatic carboxylic acids is 4. The van der Waals surface area contributed by atoms with Crippen LogP contribution in [0, 0.1) is 0 Å². The van der Waals surface area contributed by atoms with E-state index in [1.54, 1.807) is 0 Å². The second kappa shape index (κ2) is 18.9. The fourth-order valence-corrected chi connectivity index (χ4v) is 3.17. The summed E-state index contributed by atoms with van der Waals surface area (Å²) in [5, 5.41) is 44.3. The highest BCUT2D eigenvalue weighted by Crippen LogP contribution is 2.04. The molecule has 0 aromatic carbocycles. The van der Waals surface area contributed by atoms with Crippen LogP contribution in [0.1, 0.15) is 51.4 Å². The van der Waals surface area contributed by atoms with Crippen LogP contribution in [0.4, 0.5) is 0 Å². The summed E-state index contributed by atoms with van der Waals surface area (Å²) in [5.41, 5.74) is 11.2. The molecule has 0 spiro atoms. The molecule has 4 atom stereocenters. The lowest BCUT2D eigenvalue weighted by molar-refractivity contribution is -0.144. The summed E-state index contributed by atoms with van der Waals surface area (Å²) in [6, 6.07) is -5.87. The minimum absolute atomic E-state index is 0.255. The number of rotatable bonds is 21. The zero-order valence-electron chi connectivity index (χ0n) is 21.6. The number of hydrogen-bond acceptors (Lipinski definition) is 10. The molecule has 18 heteroatoms. The largest absolute Gasteiger partial charge is 0.481 e. The van der Waals surface area contributed by atoms with Crippen LogP contribution in [0.5, 0.6) is 0 Å². The first-order valence-electron chi connectivity index (χ1n) is 12.2. The molecule has 0 aromatic heterocycles. The minimum atomic E-state index is -1.79. The summed E-state index contributed by atoms with van der Waals surface area (Å²) in [4.78, 5) is 93.8. The van der Waals surface area contributed by atoms with Crippen LogP contribution in [0.15, 0.2) is 0 Å². The number of nitrogens with one attached hydrogen (secondary N) is 4. The highest BCUT2D eigenvalue weighted by Gasteiger charge is 2.29. The quantitative estimate of drug-likeness (QED) is 0.0588. The molecule has 0 bridgehead atoms. The third kappa shape index (κ3) is 15.8. The Hall–Kier alpha value is -4.32. The fourth-order valence-electron chi connectivity index (χ4n) is 3.17. The van der Waals surface area contributed by atoms with E-state index in [9.17, 15) is 38.4 Å². The average Bonchev–Trinajstić information content (AvgIpc) is 2.86. The number of carbonyl (C=O) groups is 8. The first kappa shape index (κ1) is 35.7. The van der Waals surface area contributed by atoms with Crippen molar-refractivity contribution in [2.45, 2.75) is 75.5 Å².